The van der Waals surface area contributed by atoms with E-state index in [1.54, 1.807) is 0 Å². The van der Waals surface area contributed by atoms with Gasteiger partial charge in [-0.15, -0.1) is 0 Å². The third kappa shape index (κ3) is 1.03. The number of esters is 2. The maximum absolute atomic E-state index is 12.5. The Morgan fingerprint density at radius 3 is 2.23 bits per heavy atom. The van der Waals surface area contributed by atoms with E-state index < -0.39 is 0 Å². The molecule has 0 amide bonds. The zero-order valence-electron chi connectivity index (χ0n) is 14.0. The Balaban J connectivity index is 2.14. The van der Waals surface area contributed by atoms with Gasteiger partial charge in [0.25, 0.3) is 0 Å². The molecule has 1 saturated carbocycles. The molecule has 3 nitrogen and oxygen atoms in total. The van der Waals surface area contributed by atoms with Gasteiger partial charge < -0.3 is 4.74 Å². The lowest BCUT2D eigenvalue weighted by atomic mass is 9.52. The summed E-state index contributed by atoms with van der Waals surface area (Å²) in [5, 5.41) is 0. The van der Waals surface area contributed by atoms with Crippen LogP contribution in [0, 0.1) is 28.1 Å². The van der Waals surface area contributed by atoms with E-state index in [2.05, 4.69) is 53.7 Å². The number of allylic oxidation sites excluding steroid dienone is 6. The highest BCUT2D eigenvalue weighted by Crippen LogP contribution is 2.79. The van der Waals surface area contributed by atoms with E-state index in [1.807, 2.05) is 0 Å². The standard InChI is InChI=1S/C19H22O3/c1-9-8-17(4)13-14(16(21)22-15(13)20)18(5)10(2)7-12(11(9)3)19(17,18)6/h7-8,13-14H,1-6H3/t13-,14+,17+,18-,19+/m0/s1. The molecule has 3 aliphatic carbocycles. The van der Waals surface area contributed by atoms with Gasteiger partial charge in [0.15, 0.2) is 0 Å². The van der Waals surface area contributed by atoms with Crippen molar-refractivity contribution in [3.63, 3.8) is 0 Å². The first kappa shape index (κ1) is 14.0. The fraction of sp³-hybridized carbons (Fsp3) is 0.579. The Morgan fingerprint density at radius 2 is 1.59 bits per heavy atom. The largest absolute Gasteiger partial charge is 0.393 e. The van der Waals surface area contributed by atoms with Crippen molar-refractivity contribution in [2.75, 3.05) is 0 Å². The van der Waals surface area contributed by atoms with Crippen LogP contribution >= 0.6 is 0 Å². The van der Waals surface area contributed by atoms with Gasteiger partial charge in [0, 0.05) is 16.2 Å². The molecule has 0 unspecified atom stereocenters. The van der Waals surface area contributed by atoms with Crippen molar-refractivity contribution >= 4 is 11.9 Å². The van der Waals surface area contributed by atoms with E-state index in [0.717, 1.165) is 0 Å². The highest BCUT2D eigenvalue weighted by atomic mass is 16.6. The van der Waals surface area contributed by atoms with Crippen molar-refractivity contribution in [2.45, 2.75) is 41.5 Å². The monoisotopic (exact) mass is 298 g/mol. The van der Waals surface area contributed by atoms with Crippen LogP contribution in [0.1, 0.15) is 41.5 Å². The molecule has 2 fully saturated rings. The molecule has 4 aliphatic rings. The average Bonchev–Trinajstić information content (AvgIpc) is 2.90. The van der Waals surface area contributed by atoms with E-state index in [4.69, 9.17) is 4.74 Å². The highest BCUT2D eigenvalue weighted by Gasteiger charge is 2.79. The molecular formula is C19H22O3. The highest BCUT2D eigenvalue weighted by molar-refractivity contribution is 6.00. The van der Waals surface area contributed by atoms with E-state index in [9.17, 15) is 9.59 Å². The second kappa shape index (κ2) is 3.47. The lowest BCUT2D eigenvalue weighted by Gasteiger charge is -2.50. The van der Waals surface area contributed by atoms with Gasteiger partial charge in [-0.05, 0) is 31.9 Å². The zero-order chi connectivity index (χ0) is 16.2. The summed E-state index contributed by atoms with van der Waals surface area (Å²) in [6.07, 6.45) is 4.47. The lowest BCUT2D eigenvalue weighted by molar-refractivity contribution is -0.157. The smallest absolute Gasteiger partial charge is 0.318 e. The molecule has 1 aliphatic heterocycles. The van der Waals surface area contributed by atoms with E-state index in [-0.39, 0.29) is 40.0 Å². The van der Waals surface area contributed by atoms with Crippen molar-refractivity contribution in [3.8, 4) is 0 Å². The minimum absolute atomic E-state index is 0.238. The second-order valence-electron chi connectivity index (χ2n) is 8.00. The van der Waals surface area contributed by atoms with Crippen molar-refractivity contribution in [3.05, 3.63) is 34.4 Å². The van der Waals surface area contributed by atoms with Crippen molar-refractivity contribution < 1.29 is 14.3 Å². The summed E-state index contributed by atoms with van der Waals surface area (Å²) in [6.45, 7) is 12.9. The van der Waals surface area contributed by atoms with E-state index >= 15 is 0 Å². The summed E-state index contributed by atoms with van der Waals surface area (Å²) >= 11 is 0. The molecule has 0 radical (unpaired) electrons. The van der Waals surface area contributed by atoms with E-state index in [1.165, 1.54) is 22.3 Å². The number of carbonyl (C=O) groups excluding carboxylic acids is 2. The van der Waals surface area contributed by atoms with Gasteiger partial charge in [0.05, 0.1) is 11.8 Å². The van der Waals surface area contributed by atoms with Crippen LogP contribution in [-0.4, -0.2) is 11.9 Å². The van der Waals surface area contributed by atoms with Crippen LogP contribution in [0.2, 0.25) is 0 Å². The number of hydrogen-bond donors (Lipinski definition) is 0. The third-order valence-electron chi connectivity index (χ3n) is 7.66. The molecule has 0 N–H and O–H groups in total. The normalized spacial score (nSPS) is 49.0. The molecule has 22 heavy (non-hydrogen) atoms. The quantitative estimate of drug-likeness (QED) is 0.507. The molecule has 1 saturated heterocycles. The van der Waals surface area contributed by atoms with E-state index in [0.29, 0.717) is 0 Å². The summed E-state index contributed by atoms with van der Waals surface area (Å²) in [5.74, 6) is -1.44. The molecule has 0 bridgehead atoms. The minimum atomic E-state index is -0.386. The van der Waals surface area contributed by atoms with Crippen molar-refractivity contribution in [2.24, 2.45) is 28.1 Å². The molecule has 3 heteroatoms. The molecule has 1 heterocycles. The molecule has 116 valence electrons. The molecule has 0 spiro atoms. The van der Waals surface area contributed by atoms with Crippen molar-refractivity contribution in [1.29, 1.82) is 0 Å². The maximum Gasteiger partial charge on any atom is 0.318 e. The number of fused-ring (bicyclic) bond motifs is 3. The zero-order valence-corrected chi connectivity index (χ0v) is 14.0. The SMILES string of the molecule is CC1=C[C@]2(C)[C@@H]3C(=O)OC(=O)[C@@H]3[C@]3(C)C(C)=CC(=C1C)[C@@]32C. The first-order valence-corrected chi connectivity index (χ1v) is 7.96. The minimum Gasteiger partial charge on any atom is -0.393 e. The lowest BCUT2D eigenvalue weighted by Crippen LogP contribution is -2.46. The fourth-order valence-electron chi connectivity index (χ4n) is 6.05. The molecule has 5 atom stereocenters. The Bertz CT molecular complexity index is 753. The number of carbonyl (C=O) groups is 2. The fourth-order valence-corrected chi connectivity index (χ4v) is 6.05. The predicted octanol–water partition coefficient (Wildman–Crippen LogP) is 3.57. The Hall–Kier alpha value is -1.64. The first-order chi connectivity index (χ1) is 10.1. The number of hydrogen-bond acceptors (Lipinski definition) is 3. The van der Waals surface area contributed by atoms with Gasteiger partial charge in [-0.2, -0.15) is 0 Å². The first-order valence-electron chi connectivity index (χ1n) is 7.96. The maximum atomic E-state index is 12.5. The summed E-state index contributed by atoms with van der Waals surface area (Å²) < 4.78 is 5.06. The summed E-state index contributed by atoms with van der Waals surface area (Å²) in [4.78, 5) is 25.0. The number of cyclic esters (lactones) is 2. The van der Waals surface area contributed by atoms with Crippen LogP contribution in [-0.2, 0) is 14.3 Å². The summed E-state index contributed by atoms with van der Waals surface area (Å²) in [6, 6.07) is 0. The van der Waals surface area contributed by atoms with Crippen LogP contribution < -0.4 is 0 Å². The van der Waals surface area contributed by atoms with Gasteiger partial charge in [-0.25, -0.2) is 0 Å². The van der Waals surface area contributed by atoms with Gasteiger partial charge in [0.2, 0.25) is 0 Å². The predicted molar refractivity (Wildman–Crippen MR) is 82.6 cm³/mol. The van der Waals surface area contributed by atoms with Gasteiger partial charge in [-0.1, -0.05) is 44.1 Å². The van der Waals surface area contributed by atoms with Crippen LogP contribution in [0.25, 0.3) is 0 Å². The molecule has 0 aromatic rings. The van der Waals surface area contributed by atoms with Crippen LogP contribution in [0.4, 0.5) is 0 Å². The Labute approximate surface area is 131 Å². The third-order valence-corrected chi connectivity index (χ3v) is 7.66. The number of rotatable bonds is 0. The van der Waals surface area contributed by atoms with Gasteiger partial charge in [-0.3, -0.25) is 9.59 Å². The van der Waals surface area contributed by atoms with Crippen molar-refractivity contribution in [1.82, 2.24) is 0 Å². The Kier molecular flexibility index (Phi) is 2.21. The second-order valence-corrected chi connectivity index (χ2v) is 8.00. The van der Waals surface area contributed by atoms with Gasteiger partial charge in [0.1, 0.15) is 0 Å². The molecule has 0 aromatic carbocycles. The number of ether oxygens (including phenoxy) is 1. The Morgan fingerprint density at radius 1 is 1.00 bits per heavy atom. The molecular weight excluding hydrogens is 276 g/mol. The van der Waals surface area contributed by atoms with Crippen LogP contribution in [0.5, 0.6) is 0 Å². The van der Waals surface area contributed by atoms with Gasteiger partial charge >= 0.3 is 11.9 Å². The molecule has 0 aromatic heterocycles. The topological polar surface area (TPSA) is 43.4 Å². The summed E-state index contributed by atoms with van der Waals surface area (Å²) in [5.41, 5.74) is 3.99. The van der Waals surface area contributed by atoms with Crippen LogP contribution in [0.15, 0.2) is 34.4 Å². The average molecular weight is 298 g/mol. The van der Waals surface area contributed by atoms with Crippen LogP contribution in [0.3, 0.4) is 0 Å². The summed E-state index contributed by atoms with van der Waals surface area (Å²) in [7, 11) is 0. The molecule has 4 rings (SSSR count).